The second-order valence-corrected chi connectivity index (χ2v) is 11.5. The SMILES string of the molecule is Cc1ccc(N2c3ccc(C)cc3B3C4=CC(C(C)(C)C)CC=C4Nc4cc(C)cc2c43)cc1. The van der Waals surface area contributed by atoms with Crippen LogP contribution in [-0.2, 0) is 0 Å². The van der Waals surface area contributed by atoms with Gasteiger partial charge in [0, 0.05) is 28.4 Å². The van der Waals surface area contributed by atoms with Crippen LogP contribution in [0.5, 0.6) is 0 Å². The van der Waals surface area contributed by atoms with Gasteiger partial charge in [-0.25, -0.2) is 0 Å². The zero-order valence-electron chi connectivity index (χ0n) is 21.2. The first-order chi connectivity index (χ1) is 16.2. The van der Waals surface area contributed by atoms with E-state index in [1.54, 1.807) is 0 Å². The summed E-state index contributed by atoms with van der Waals surface area (Å²) < 4.78 is 0. The summed E-state index contributed by atoms with van der Waals surface area (Å²) in [5.41, 5.74) is 14.7. The van der Waals surface area contributed by atoms with E-state index in [1.807, 2.05) is 0 Å². The monoisotopic (exact) mass is 444 g/mol. The molecule has 2 aliphatic heterocycles. The van der Waals surface area contributed by atoms with E-state index in [2.05, 4.69) is 119 Å². The third kappa shape index (κ3) is 3.25. The molecule has 0 aromatic heterocycles. The van der Waals surface area contributed by atoms with E-state index >= 15 is 0 Å². The van der Waals surface area contributed by atoms with Crippen molar-refractivity contribution in [2.45, 2.75) is 48.0 Å². The fourth-order valence-corrected chi connectivity index (χ4v) is 5.92. The molecule has 0 saturated carbocycles. The normalized spacial score (nSPS) is 18.4. The van der Waals surface area contributed by atoms with Gasteiger partial charge in [-0.1, -0.05) is 68.3 Å². The summed E-state index contributed by atoms with van der Waals surface area (Å²) in [7, 11) is 0. The van der Waals surface area contributed by atoms with Crippen molar-refractivity contribution in [2.24, 2.45) is 11.3 Å². The first-order valence-electron chi connectivity index (χ1n) is 12.5. The molecule has 1 N–H and O–H groups in total. The lowest BCUT2D eigenvalue weighted by Crippen LogP contribution is -2.56. The van der Waals surface area contributed by atoms with Crippen LogP contribution in [0.25, 0.3) is 0 Å². The first-order valence-corrected chi connectivity index (χ1v) is 12.5. The van der Waals surface area contributed by atoms with Gasteiger partial charge >= 0.3 is 0 Å². The third-order valence-electron chi connectivity index (χ3n) is 7.82. The van der Waals surface area contributed by atoms with E-state index in [0.717, 1.165) is 6.42 Å². The Morgan fingerprint density at radius 3 is 2.32 bits per heavy atom. The average Bonchev–Trinajstić information content (AvgIpc) is 2.78. The van der Waals surface area contributed by atoms with Crippen molar-refractivity contribution < 1.29 is 0 Å². The van der Waals surface area contributed by atoms with E-state index in [-0.39, 0.29) is 12.1 Å². The molecule has 6 rings (SSSR count). The van der Waals surface area contributed by atoms with E-state index in [9.17, 15) is 0 Å². The molecule has 0 radical (unpaired) electrons. The van der Waals surface area contributed by atoms with Crippen LogP contribution < -0.4 is 21.1 Å². The molecular formula is C31H33BN2. The standard InChI is InChI=1S/C31H33BN2/c1-19-7-11-23(12-8-19)34-28-14-9-20(2)15-25(28)32-24-18-22(31(4,5)6)10-13-26(24)33-27-16-21(3)17-29(34)30(27)32/h7-9,11-18,22,33H,10H2,1-6H3. The summed E-state index contributed by atoms with van der Waals surface area (Å²) in [5.74, 6) is 0.534. The topological polar surface area (TPSA) is 15.3 Å². The summed E-state index contributed by atoms with van der Waals surface area (Å²) in [6.45, 7) is 13.9. The van der Waals surface area contributed by atoms with Crippen LogP contribution in [0.1, 0.15) is 43.9 Å². The quantitative estimate of drug-likeness (QED) is 0.413. The molecule has 2 nitrogen and oxygen atoms in total. The van der Waals surface area contributed by atoms with E-state index in [0.29, 0.717) is 5.92 Å². The molecule has 0 bridgehead atoms. The number of allylic oxidation sites excluding steroid dienone is 3. The van der Waals surface area contributed by atoms with Crippen molar-refractivity contribution >= 4 is 40.4 Å². The lowest BCUT2D eigenvalue weighted by Gasteiger charge is -2.44. The Hall–Kier alpha value is -3.20. The van der Waals surface area contributed by atoms with Gasteiger partial charge in [0.1, 0.15) is 0 Å². The Balaban J connectivity index is 1.65. The predicted molar refractivity (Wildman–Crippen MR) is 148 cm³/mol. The van der Waals surface area contributed by atoms with Gasteiger partial charge in [0.15, 0.2) is 0 Å². The highest BCUT2D eigenvalue weighted by molar-refractivity contribution is 6.95. The van der Waals surface area contributed by atoms with Crippen LogP contribution in [0.15, 0.2) is 77.9 Å². The van der Waals surface area contributed by atoms with Crippen molar-refractivity contribution in [1.29, 1.82) is 0 Å². The van der Waals surface area contributed by atoms with Crippen LogP contribution in [0.4, 0.5) is 22.7 Å². The van der Waals surface area contributed by atoms with Crippen LogP contribution >= 0.6 is 0 Å². The molecule has 0 saturated heterocycles. The van der Waals surface area contributed by atoms with Gasteiger partial charge in [-0.3, -0.25) is 0 Å². The highest BCUT2D eigenvalue weighted by Gasteiger charge is 2.43. The number of fused-ring (bicyclic) bond motifs is 4. The number of benzene rings is 3. The highest BCUT2D eigenvalue weighted by atomic mass is 15.2. The van der Waals surface area contributed by atoms with Crippen molar-refractivity contribution in [3.63, 3.8) is 0 Å². The number of aryl methyl sites for hydroxylation is 3. The number of hydrogen-bond acceptors (Lipinski definition) is 2. The molecule has 0 fully saturated rings. The predicted octanol–water partition coefficient (Wildman–Crippen LogP) is 6.85. The maximum atomic E-state index is 3.84. The minimum Gasteiger partial charge on any atom is -0.357 e. The lowest BCUT2D eigenvalue weighted by atomic mass is 9.32. The van der Waals surface area contributed by atoms with E-state index in [4.69, 9.17) is 0 Å². The lowest BCUT2D eigenvalue weighted by molar-refractivity contribution is 0.292. The molecule has 1 unspecified atom stereocenters. The number of nitrogens with zero attached hydrogens (tertiary/aromatic N) is 1. The third-order valence-corrected chi connectivity index (χ3v) is 7.82. The van der Waals surface area contributed by atoms with E-state index < -0.39 is 0 Å². The summed E-state index contributed by atoms with van der Waals surface area (Å²) >= 11 is 0. The molecule has 170 valence electrons. The maximum absolute atomic E-state index is 3.84. The summed E-state index contributed by atoms with van der Waals surface area (Å²) in [6.07, 6.45) is 6.11. The Bertz CT molecular complexity index is 1370. The molecule has 3 aromatic rings. The molecule has 3 aliphatic rings. The van der Waals surface area contributed by atoms with Crippen molar-refractivity contribution in [1.82, 2.24) is 0 Å². The maximum Gasteiger partial charge on any atom is 0.251 e. The van der Waals surface area contributed by atoms with Crippen molar-refractivity contribution in [3.05, 3.63) is 94.6 Å². The van der Waals surface area contributed by atoms with Crippen LogP contribution in [0, 0.1) is 32.1 Å². The molecule has 3 aromatic carbocycles. The van der Waals surface area contributed by atoms with E-state index in [1.165, 1.54) is 61.5 Å². The molecule has 1 aliphatic carbocycles. The van der Waals surface area contributed by atoms with Crippen LogP contribution in [-0.4, -0.2) is 6.71 Å². The second-order valence-electron chi connectivity index (χ2n) is 11.5. The fraction of sp³-hybridized carbons (Fsp3) is 0.290. The van der Waals surface area contributed by atoms with Gasteiger partial charge in [0.2, 0.25) is 0 Å². The zero-order chi connectivity index (χ0) is 23.8. The minimum atomic E-state index is 0.240. The Kier molecular flexibility index (Phi) is 4.65. The van der Waals surface area contributed by atoms with Gasteiger partial charge in [0.25, 0.3) is 6.71 Å². The van der Waals surface area contributed by atoms with Crippen molar-refractivity contribution in [2.75, 3.05) is 10.2 Å². The Labute approximate surface area is 204 Å². The molecular weight excluding hydrogens is 411 g/mol. The minimum absolute atomic E-state index is 0.240. The summed E-state index contributed by atoms with van der Waals surface area (Å²) in [6, 6.07) is 20.6. The average molecular weight is 444 g/mol. The first kappa shape index (κ1) is 21.3. The molecule has 0 amide bonds. The van der Waals surface area contributed by atoms with Gasteiger partial charge < -0.3 is 10.2 Å². The smallest absolute Gasteiger partial charge is 0.251 e. The number of hydrogen-bond donors (Lipinski definition) is 1. The zero-order valence-corrected chi connectivity index (χ0v) is 21.2. The highest BCUT2D eigenvalue weighted by Crippen LogP contribution is 2.44. The van der Waals surface area contributed by atoms with Gasteiger partial charge in [-0.2, -0.15) is 0 Å². The number of rotatable bonds is 1. The molecule has 2 heterocycles. The van der Waals surface area contributed by atoms with Crippen LogP contribution in [0.3, 0.4) is 0 Å². The van der Waals surface area contributed by atoms with Gasteiger partial charge in [-0.15, -0.1) is 0 Å². The molecule has 0 spiro atoms. The molecule has 3 heteroatoms. The number of nitrogens with one attached hydrogen (secondary N) is 1. The van der Waals surface area contributed by atoms with Gasteiger partial charge in [0.05, 0.1) is 0 Å². The fourth-order valence-electron chi connectivity index (χ4n) is 5.92. The number of anilines is 4. The summed E-state index contributed by atoms with van der Waals surface area (Å²) in [4.78, 5) is 2.47. The van der Waals surface area contributed by atoms with Crippen molar-refractivity contribution in [3.8, 4) is 0 Å². The van der Waals surface area contributed by atoms with Crippen LogP contribution in [0.2, 0.25) is 0 Å². The largest absolute Gasteiger partial charge is 0.357 e. The Morgan fingerprint density at radius 2 is 1.59 bits per heavy atom. The van der Waals surface area contributed by atoms with Gasteiger partial charge in [-0.05, 0) is 90.8 Å². The molecule has 34 heavy (non-hydrogen) atoms. The molecule has 1 atom stereocenters. The second kappa shape index (κ2) is 7.40. The summed E-state index contributed by atoms with van der Waals surface area (Å²) in [5, 5.41) is 3.84. The Morgan fingerprint density at radius 1 is 0.853 bits per heavy atom.